The highest BCUT2D eigenvalue weighted by atomic mass is 16.5. The van der Waals surface area contributed by atoms with Gasteiger partial charge in [-0.25, -0.2) is 4.74 Å². The first kappa shape index (κ1) is 16.7. The average molecular weight is 277 g/mol. The summed E-state index contributed by atoms with van der Waals surface area (Å²) in [5, 5.41) is 12.1. The van der Waals surface area contributed by atoms with Crippen molar-refractivity contribution in [1.82, 2.24) is 0 Å². The van der Waals surface area contributed by atoms with Crippen LogP contribution in [0.3, 0.4) is 0 Å². The summed E-state index contributed by atoms with van der Waals surface area (Å²) in [6, 6.07) is 9.93. The molecule has 0 aliphatic rings. The molecule has 0 fully saturated rings. The molecule has 3 heteroatoms. The van der Waals surface area contributed by atoms with Gasteiger partial charge in [0.15, 0.2) is 12.3 Å². The van der Waals surface area contributed by atoms with Crippen LogP contribution < -0.4 is 0 Å². The number of hydroxylamine groups is 1. The van der Waals surface area contributed by atoms with Crippen LogP contribution in [0.4, 0.5) is 0 Å². The van der Waals surface area contributed by atoms with Gasteiger partial charge in [0.2, 0.25) is 0 Å². The van der Waals surface area contributed by atoms with Gasteiger partial charge >= 0.3 is 0 Å². The van der Waals surface area contributed by atoms with Crippen LogP contribution in [0.15, 0.2) is 30.3 Å². The molecule has 20 heavy (non-hydrogen) atoms. The van der Waals surface area contributed by atoms with Gasteiger partial charge in [-0.05, 0) is 11.5 Å². The fourth-order valence-electron chi connectivity index (χ4n) is 1.88. The number of benzene rings is 1. The molecule has 0 radical (unpaired) electrons. The minimum Gasteiger partial charge on any atom is -0.624 e. The summed E-state index contributed by atoms with van der Waals surface area (Å²) in [6.45, 7) is 9.36. The Labute approximate surface area is 122 Å². The van der Waals surface area contributed by atoms with Gasteiger partial charge in [0, 0.05) is 12.3 Å². The molecule has 0 aliphatic carbocycles. The first-order chi connectivity index (χ1) is 9.50. The number of ether oxygens (including phenoxy) is 1. The summed E-state index contributed by atoms with van der Waals surface area (Å²) >= 11 is 0. The lowest BCUT2D eigenvalue weighted by Crippen LogP contribution is -2.33. The van der Waals surface area contributed by atoms with E-state index in [0.29, 0.717) is 19.1 Å². The molecule has 0 spiro atoms. The lowest BCUT2D eigenvalue weighted by molar-refractivity contribution is -0.511. The SMILES string of the molecule is CC(C)C/C=[N+](\[O-])[C@H](COCc1ccccc1)C(C)C. The third-order valence-electron chi connectivity index (χ3n) is 3.25. The van der Waals surface area contributed by atoms with Crippen LogP contribution in [0.2, 0.25) is 0 Å². The molecule has 0 aliphatic heterocycles. The van der Waals surface area contributed by atoms with Crippen molar-refractivity contribution in [3.8, 4) is 0 Å². The molecule has 1 atom stereocenters. The van der Waals surface area contributed by atoms with E-state index >= 15 is 0 Å². The van der Waals surface area contributed by atoms with Gasteiger partial charge < -0.3 is 9.94 Å². The maximum Gasteiger partial charge on any atom is 0.188 e. The van der Waals surface area contributed by atoms with E-state index in [0.717, 1.165) is 16.7 Å². The van der Waals surface area contributed by atoms with Crippen molar-refractivity contribution in [2.75, 3.05) is 6.61 Å². The number of rotatable bonds is 8. The predicted molar refractivity (Wildman–Crippen MR) is 83.9 cm³/mol. The predicted octanol–water partition coefficient (Wildman–Crippen LogP) is 3.86. The Bertz CT molecular complexity index is 399. The van der Waals surface area contributed by atoms with Crippen molar-refractivity contribution in [2.45, 2.75) is 46.8 Å². The zero-order valence-electron chi connectivity index (χ0n) is 13.1. The van der Waals surface area contributed by atoms with Crippen LogP contribution in [0.25, 0.3) is 0 Å². The highest BCUT2D eigenvalue weighted by molar-refractivity contribution is 5.51. The molecular weight excluding hydrogens is 250 g/mol. The van der Waals surface area contributed by atoms with Crippen LogP contribution in [0.1, 0.15) is 39.7 Å². The molecule has 112 valence electrons. The van der Waals surface area contributed by atoms with Gasteiger partial charge in [-0.15, -0.1) is 0 Å². The lowest BCUT2D eigenvalue weighted by atomic mass is 10.1. The number of hydrogen-bond acceptors (Lipinski definition) is 2. The monoisotopic (exact) mass is 277 g/mol. The minimum absolute atomic E-state index is 0.113. The summed E-state index contributed by atoms with van der Waals surface area (Å²) in [5.41, 5.74) is 1.14. The molecule has 1 aromatic rings. The van der Waals surface area contributed by atoms with Gasteiger partial charge in [0.05, 0.1) is 6.61 Å². The first-order valence-corrected chi connectivity index (χ1v) is 7.41. The highest BCUT2D eigenvalue weighted by Gasteiger charge is 2.21. The van der Waals surface area contributed by atoms with E-state index in [1.54, 1.807) is 6.21 Å². The Hall–Kier alpha value is -1.35. The fraction of sp³-hybridized carbons (Fsp3) is 0.588. The Morgan fingerprint density at radius 1 is 1.15 bits per heavy atom. The summed E-state index contributed by atoms with van der Waals surface area (Å²) in [7, 11) is 0. The summed E-state index contributed by atoms with van der Waals surface area (Å²) in [5.74, 6) is 0.774. The topological polar surface area (TPSA) is 35.3 Å². The largest absolute Gasteiger partial charge is 0.624 e. The van der Waals surface area contributed by atoms with Crippen LogP contribution >= 0.6 is 0 Å². The zero-order chi connectivity index (χ0) is 15.0. The quantitative estimate of drug-likeness (QED) is 0.313. The maximum absolute atomic E-state index is 12.1. The lowest BCUT2D eigenvalue weighted by Gasteiger charge is -2.20. The maximum atomic E-state index is 12.1. The molecular formula is C17H27NO2. The second-order valence-electron chi connectivity index (χ2n) is 5.98. The molecule has 0 N–H and O–H groups in total. The average Bonchev–Trinajstić information content (AvgIpc) is 2.41. The molecule has 0 aromatic heterocycles. The molecule has 1 aromatic carbocycles. The van der Waals surface area contributed by atoms with Gasteiger partial charge in [-0.2, -0.15) is 0 Å². The van der Waals surface area contributed by atoms with Crippen molar-refractivity contribution < 1.29 is 9.48 Å². The second-order valence-corrected chi connectivity index (χ2v) is 5.98. The van der Waals surface area contributed by atoms with E-state index < -0.39 is 0 Å². The van der Waals surface area contributed by atoms with E-state index in [9.17, 15) is 5.21 Å². The second kappa shape index (κ2) is 8.75. The van der Waals surface area contributed by atoms with E-state index in [2.05, 4.69) is 27.7 Å². The fourth-order valence-corrected chi connectivity index (χ4v) is 1.88. The van der Waals surface area contributed by atoms with Gasteiger partial charge in [0.25, 0.3) is 0 Å². The van der Waals surface area contributed by atoms with Crippen LogP contribution in [-0.4, -0.2) is 23.6 Å². The van der Waals surface area contributed by atoms with Crippen molar-refractivity contribution in [3.05, 3.63) is 41.1 Å². The summed E-state index contributed by atoms with van der Waals surface area (Å²) in [4.78, 5) is 0. The summed E-state index contributed by atoms with van der Waals surface area (Å²) in [6.07, 6.45) is 2.56. The Balaban J connectivity index is 2.49. The van der Waals surface area contributed by atoms with Crippen molar-refractivity contribution in [1.29, 1.82) is 0 Å². The van der Waals surface area contributed by atoms with E-state index in [-0.39, 0.29) is 12.0 Å². The summed E-state index contributed by atoms with van der Waals surface area (Å²) < 4.78 is 6.79. The Kier molecular flexibility index (Phi) is 7.31. The van der Waals surface area contributed by atoms with Gasteiger partial charge in [-0.3, -0.25) is 0 Å². The Morgan fingerprint density at radius 2 is 1.80 bits per heavy atom. The zero-order valence-corrected chi connectivity index (χ0v) is 13.1. The van der Waals surface area contributed by atoms with Crippen molar-refractivity contribution in [3.63, 3.8) is 0 Å². The number of hydrogen-bond donors (Lipinski definition) is 0. The van der Waals surface area contributed by atoms with Crippen molar-refractivity contribution in [2.24, 2.45) is 11.8 Å². The molecule has 0 heterocycles. The molecule has 0 amide bonds. The smallest absolute Gasteiger partial charge is 0.188 e. The molecule has 0 bridgehead atoms. The van der Waals surface area contributed by atoms with Crippen molar-refractivity contribution >= 4 is 6.21 Å². The number of nitrogens with zero attached hydrogens (tertiary/aromatic N) is 1. The molecule has 3 nitrogen and oxygen atoms in total. The third kappa shape index (κ3) is 6.20. The minimum atomic E-state index is -0.113. The van der Waals surface area contributed by atoms with Crippen LogP contribution in [0, 0.1) is 17.0 Å². The molecule has 0 unspecified atom stereocenters. The van der Waals surface area contributed by atoms with Gasteiger partial charge in [-0.1, -0.05) is 58.0 Å². The third-order valence-corrected chi connectivity index (χ3v) is 3.25. The molecule has 1 rings (SSSR count). The van der Waals surface area contributed by atoms with E-state index in [1.165, 1.54) is 0 Å². The molecule has 0 saturated carbocycles. The Morgan fingerprint density at radius 3 is 2.35 bits per heavy atom. The molecule has 0 saturated heterocycles. The standard InChI is InChI=1S/C17H27NO2/c1-14(2)10-11-18(19)17(15(3)4)13-20-12-16-8-6-5-7-9-16/h5-9,11,14-15,17H,10,12-13H2,1-4H3/b18-11-/t17-/m1/s1. The normalized spacial score (nSPS) is 14.0. The van der Waals surface area contributed by atoms with E-state index in [1.807, 2.05) is 30.3 Å². The first-order valence-electron chi connectivity index (χ1n) is 7.41. The van der Waals surface area contributed by atoms with Crippen LogP contribution in [-0.2, 0) is 11.3 Å². The highest BCUT2D eigenvalue weighted by Crippen LogP contribution is 2.09. The van der Waals surface area contributed by atoms with E-state index in [4.69, 9.17) is 4.74 Å². The van der Waals surface area contributed by atoms with Gasteiger partial charge in [0.1, 0.15) is 6.61 Å². The van der Waals surface area contributed by atoms with Crippen LogP contribution in [0.5, 0.6) is 0 Å².